The molecule has 0 atom stereocenters. The Morgan fingerprint density at radius 3 is 2.80 bits per heavy atom. The lowest BCUT2D eigenvalue weighted by Crippen LogP contribution is -1.91. The number of nitriles is 1. The molecule has 4 aromatic rings. The Morgan fingerprint density at radius 2 is 2.00 bits per heavy atom. The number of hydrogen-bond donors (Lipinski definition) is 1. The van der Waals surface area contributed by atoms with Crippen LogP contribution in [-0.4, -0.2) is 14.5 Å². The quantitative estimate of drug-likeness (QED) is 0.453. The summed E-state index contributed by atoms with van der Waals surface area (Å²) in [5, 5.41) is 10.7. The topological polar surface area (TPSA) is 57.4 Å². The van der Waals surface area contributed by atoms with Crippen molar-refractivity contribution in [3.63, 3.8) is 0 Å². The van der Waals surface area contributed by atoms with E-state index >= 15 is 0 Å². The van der Waals surface area contributed by atoms with Gasteiger partial charge < -0.3 is 9.55 Å². The molecule has 0 saturated carbocycles. The summed E-state index contributed by atoms with van der Waals surface area (Å²) < 4.78 is 2.01. The van der Waals surface area contributed by atoms with Crippen LogP contribution in [0.15, 0.2) is 54.7 Å². The Kier molecular flexibility index (Phi) is 3.57. The predicted octanol–water partition coefficient (Wildman–Crippen LogP) is 4.21. The highest BCUT2D eigenvalue weighted by atomic mass is 14.9. The van der Waals surface area contributed by atoms with Gasteiger partial charge in [-0.25, -0.2) is 4.98 Å². The average Bonchev–Trinajstić information content (AvgIpc) is 3.22. The lowest BCUT2D eigenvalue weighted by molar-refractivity contribution is 0.885. The smallest absolute Gasteiger partial charge is 0.149 e. The van der Waals surface area contributed by atoms with Crippen molar-refractivity contribution < 1.29 is 0 Å². The van der Waals surface area contributed by atoms with Gasteiger partial charge in [0.15, 0.2) is 0 Å². The maximum Gasteiger partial charge on any atom is 0.149 e. The average molecular weight is 322 g/mol. The number of fused-ring (bicyclic) bond motifs is 2. The molecule has 0 aliphatic carbocycles. The summed E-state index contributed by atoms with van der Waals surface area (Å²) in [5.74, 6) is 3.23. The third kappa shape index (κ3) is 2.56. The van der Waals surface area contributed by atoms with Crippen molar-refractivity contribution in [2.75, 3.05) is 0 Å². The van der Waals surface area contributed by atoms with E-state index in [2.05, 4.69) is 22.0 Å². The van der Waals surface area contributed by atoms with Crippen LogP contribution in [0.4, 0.5) is 0 Å². The number of rotatable bonds is 3. The lowest BCUT2D eigenvalue weighted by atomic mass is 10.1. The Morgan fingerprint density at radius 1 is 1.20 bits per heavy atom. The van der Waals surface area contributed by atoms with Crippen LogP contribution in [0.1, 0.15) is 11.4 Å². The second kappa shape index (κ2) is 6.03. The van der Waals surface area contributed by atoms with Gasteiger partial charge in [-0.3, -0.25) is 0 Å². The van der Waals surface area contributed by atoms with Crippen molar-refractivity contribution in [3.05, 3.63) is 66.1 Å². The van der Waals surface area contributed by atoms with Crippen LogP contribution in [0.5, 0.6) is 0 Å². The molecule has 0 spiro atoms. The van der Waals surface area contributed by atoms with E-state index in [1.165, 1.54) is 0 Å². The molecule has 2 heterocycles. The fourth-order valence-corrected chi connectivity index (χ4v) is 3.01. The molecule has 2 aromatic heterocycles. The van der Waals surface area contributed by atoms with Gasteiger partial charge in [-0.2, -0.15) is 5.26 Å². The fourth-order valence-electron chi connectivity index (χ4n) is 3.01. The number of imidazole rings is 1. The second-order valence-corrected chi connectivity index (χ2v) is 5.71. The van der Waals surface area contributed by atoms with Gasteiger partial charge in [0.2, 0.25) is 0 Å². The number of allylic oxidation sites excluding steroid dienone is 1. The Labute approximate surface area is 145 Å². The van der Waals surface area contributed by atoms with Gasteiger partial charge in [0.05, 0.1) is 23.2 Å². The van der Waals surface area contributed by atoms with Gasteiger partial charge >= 0.3 is 0 Å². The highest BCUT2D eigenvalue weighted by Gasteiger charge is 2.11. The van der Waals surface area contributed by atoms with E-state index in [0.717, 1.165) is 27.5 Å². The molecule has 0 aliphatic rings. The molecule has 2 aromatic carbocycles. The molecule has 0 unspecified atom stereocenters. The molecule has 0 fully saturated rings. The van der Waals surface area contributed by atoms with E-state index in [9.17, 15) is 5.26 Å². The van der Waals surface area contributed by atoms with Crippen LogP contribution in [0.3, 0.4) is 0 Å². The van der Waals surface area contributed by atoms with E-state index in [1.54, 1.807) is 0 Å². The molecule has 0 aliphatic heterocycles. The zero-order valence-electron chi connectivity index (χ0n) is 13.4. The number of hydrogen-bond acceptors (Lipinski definition) is 2. The molecule has 1 N–H and O–H groups in total. The first-order valence-corrected chi connectivity index (χ1v) is 7.88. The number of aromatic amines is 1. The molecule has 25 heavy (non-hydrogen) atoms. The van der Waals surface area contributed by atoms with E-state index < -0.39 is 0 Å². The zero-order valence-corrected chi connectivity index (χ0v) is 13.4. The van der Waals surface area contributed by atoms with Gasteiger partial charge in [0, 0.05) is 22.7 Å². The van der Waals surface area contributed by atoms with Crippen LogP contribution >= 0.6 is 0 Å². The first kappa shape index (κ1) is 14.8. The first-order chi connectivity index (χ1) is 12.3. The molecule has 4 rings (SSSR count). The van der Waals surface area contributed by atoms with Crippen LogP contribution in [0.25, 0.3) is 33.6 Å². The van der Waals surface area contributed by atoms with Gasteiger partial charge in [-0.05, 0) is 24.3 Å². The third-order valence-electron chi connectivity index (χ3n) is 4.15. The van der Waals surface area contributed by atoms with Crippen LogP contribution < -0.4 is 0 Å². The number of aromatic nitrogens is 3. The summed E-state index contributed by atoms with van der Waals surface area (Å²) in [6.07, 6.45) is 9.30. The largest absolute Gasteiger partial charge is 0.337 e. The highest BCUT2D eigenvalue weighted by molar-refractivity contribution is 5.98. The third-order valence-corrected chi connectivity index (χ3v) is 4.15. The summed E-state index contributed by atoms with van der Waals surface area (Å²) in [4.78, 5) is 7.72. The molecular formula is C21H14N4. The summed E-state index contributed by atoms with van der Waals surface area (Å²) in [6.45, 7) is 0.487. The highest BCUT2D eigenvalue weighted by Crippen LogP contribution is 2.26. The number of terminal acetylenes is 1. The number of benzene rings is 2. The standard InChI is InChI=1S/C21H14N4/c1-2-11-25-14-16(17-7-3-6-10-20(17)25)12-15(13-22)21-23-18-8-4-5-9-19(18)24-21/h1,3-10,12,14H,11H2,(H,23,24)/b15-12+. The maximum absolute atomic E-state index is 9.63. The molecule has 0 saturated heterocycles. The maximum atomic E-state index is 9.63. The minimum Gasteiger partial charge on any atom is -0.337 e. The monoisotopic (exact) mass is 322 g/mol. The number of para-hydroxylation sites is 3. The van der Waals surface area contributed by atoms with E-state index in [0.29, 0.717) is 17.9 Å². The Bertz CT molecular complexity index is 1160. The van der Waals surface area contributed by atoms with Crippen molar-refractivity contribution in [2.45, 2.75) is 6.54 Å². The van der Waals surface area contributed by atoms with Crippen molar-refractivity contribution >= 4 is 33.6 Å². The van der Waals surface area contributed by atoms with Crippen molar-refractivity contribution in [1.29, 1.82) is 5.26 Å². The van der Waals surface area contributed by atoms with Crippen molar-refractivity contribution in [1.82, 2.24) is 14.5 Å². The minimum atomic E-state index is 0.486. The number of nitrogens with zero attached hydrogens (tertiary/aromatic N) is 3. The number of H-pyrrole nitrogens is 1. The SMILES string of the molecule is C#CCn1cc(/C=C(\C#N)c2nc3ccccc3[nH]2)c2ccccc21. The summed E-state index contributed by atoms with van der Waals surface area (Å²) in [6, 6.07) is 18.0. The van der Waals surface area contributed by atoms with Crippen molar-refractivity contribution in [2.24, 2.45) is 0 Å². The van der Waals surface area contributed by atoms with E-state index in [4.69, 9.17) is 6.42 Å². The second-order valence-electron chi connectivity index (χ2n) is 5.71. The summed E-state index contributed by atoms with van der Waals surface area (Å²) in [5.41, 5.74) is 4.23. The van der Waals surface area contributed by atoms with E-state index in [-0.39, 0.29) is 0 Å². The van der Waals surface area contributed by atoms with Gasteiger partial charge in [-0.15, -0.1) is 6.42 Å². The first-order valence-electron chi connectivity index (χ1n) is 7.88. The number of nitrogens with one attached hydrogen (secondary N) is 1. The van der Waals surface area contributed by atoms with Crippen LogP contribution in [0.2, 0.25) is 0 Å². The molecule has 0 bridgehead atoms. The molecular weight excluding hydrogens is 308 g/mol. The Balaban J connectivity index is 1.87. The molecule has 0 amide bonds. The normalized spacial score (nSPS) is 11.5. The van der Waals surface area contributed by atoms with Crippen LogP contribution in [0, 0.1) is 23.7 Å². The van der Waals surface area contributed by atoms with Crippen molar-refractivity contribution in [3.8, 4) is 18.4 Å². The predicted molar refractivity (Wildman–Crippen MR) is 100 cm³/mol. The molecule has 118 valence electrons. The molecule has 4 nitrogen and oxygen atoms in total. The summed E-state index contributed by atoms with van der Waals surface area (Å²) in [7, 11) is 0. The van der Waals surface area contributed by atoms with Gasteiger partial charge in [-0.1, -0.05) is 36.3 Å². The van der Waals surface area contributed by atoms with Gasteiger partial charge in [0.25, 0.3) is 0 Å². The van der Waals surface area contributed by atoms with Gasteiger partial charge in [0.1, 0.15) is 11.9 Å². The van der Waals surface area contributed by atoms with E-state index in [1.807, 2.05) is 65.4 Å². The zero-order chi connectivity index (χ0) is 17.2. The summed E-state index contributed by atoms with van der Waals surface area (Å²) >= 11 is 0. The minimum absolute atomic E-state index is 0.486. The van der Waals surface area contributed by atoms with Crippen LogP contribution in [-0.2, 0) is 6.54 Å². The lowest BCUT2D eigenvalue weighted by Gasteiger charge is -1.97. The Hall–Kier alpha value is -3.76. The fraction of sp³-hybridized carbons (Fsp3) is 0.0476. The molecule has 4 heteroatoms. The molecule has 0 radical (unpaired) electrons.